The van der Waals surface area contributed by atoms with Crippen LogP contribution in [0.15, 0.2) is 53.4 Å². The van der Waals surface area contributed by atoms with Gasteiger partial charge in [-0.05, 0) is 80.1 Å². The fraction of sp³-hybridized carbons (Fsp3) is 0.500. The number of rotatable bonds is 9. The SMILES string of the molecule is CC1CCCN(Cc2ccc(C(=O)NCCOc3ccc(S(=O)(=O)N4CCCC4)cc3)cc2)C1. The molecule has 0 bridgehead atoms. The predicted molar refractivity (Wildman–Crippen MR) is 132 cm³/mol. The van der Waals surface area contributed by atoms with Gasteiger partial charge in [0.2, 0.25) is 10.0 Å². The van der Waals surface area contributed by atoms with Gasteiger partial charge in [0.15, 0.2) is 0 Å². The summed E-state index contributed by atoms with van der Waals surface area (Å²) in [6.07, 6.45) is 4.39. The lowest BCUT2D eigenvalue weighted by Crippen LogP contribution is -2.33. The van der Waals surface area contributed by atoms with Crippen molar-refractivity contribution in [1.29, 1.82) is 0 Å². The van der Waals surface area contributed by atoms with Crippen molar-refractivity contribution < 1.29 is 17.9 Å². The molecule has 2 aromatic rings. The fourth-order valence-electron chi connectivity index (χ4n) is 4.67. The van der Waals surface area contributed by atoms with Crippen molar-refractivity contribution in [2.24, 2.45) is 5.92 Å². The fourth-order valence-corrected chi connectivity index (χ4v) is 6.19. The highest BCUT2D eigenvalue weighted by Crippen LogP contribution is 2.23. The van der Waals surface area contributed by atoms with Gasteiger partial charge in [-0.2, -0.15) is 4.31 Å². The average Bonchev–Trinajstić information content (AvgIpc) is 3.39. The molecule has 2 aromatic carbocycles. The lowest BCUT2D eigenvalue weighted by molar-refractivity contribution is 0.0947. The molecule has 1 atom stereocenters. The molecule has 184 valence electrons. The molecule has 8 heteroatoms. The van der Waals surface area contributed by atoms with Crippen LogP contribution in [-0.4, -0.2) is 62.9 Å². The van der Waals surface area contributed by atoms with E-state index in [1.54, 1.807) is 24.3 Å². The number of hydrogen-bond donors (Lipinski definition) is 1. The first-order valence-electron chi connectivity index (χ1n) is 12.2. The van der Waals surface area contributed by atoms with Gasteiger partial charge in [0.1, 0.15) is 12.4 Å². The van der Waals surface area contributed by atoms with Gasteiger partial charge < -0.3 is 10.1 Å². The molecule has 0 saturated carbocycles. The number of nitrogens with one attached hydrogen (secondary N) is 1. The molecule has 1 unspecified atom stereocenters. The number of likely N-dealkylation sites (tertiary alicyclic amines) is 1. The molecule has 7 nitrogen and oxygen atoms in total. The van der Waals surface area contributed by atoms with Gasteiger partial charge in [0, 0.05) is 31.7 Å². The van der Waals surface area contributed by atoms with Crippen LogP contribution in [0.3, 0.4) is 0 Å². The van der Waals surface area contributed by atoms with E-state index in [0.717, 1.165) is 38.4 Å². The second-order valence-corrected chi connectivity index (χ2v) is 11.3. The molecule has 2 aliphatic heterocycles. The topological polar surface area (TPSA) is 79.0 Å². The van der Waals surface area contributed by atoms with Crippen molar-refractivity contribution in [1.82, 2.24) is 14.5 Å². The molecule has 2 heterocycles. The maximum absolute atomic E-state index is 12.6. The van der Waals surface area contributed by atoms with Gasteiger partial charge in [-0.25, -0.2) is 8.42 Å². The second kappa shape index (κ2) is 11.3. The number of sulfonamides is 1. The van der Waals surface area contributed by atoms with Gasteiger partial charge in [-0.15, -0.1) is 0 Å². The van der Waals surface area contributed by atoms with E-state index in [-0.39, 0.29) is 10.8 Å². The van der Waals surface area contributed by atoms with Crippen LogP contribution in [0.1, 0.15) is 48.5 Å². The normalized spacial score (nSPS) is 19.7. The second-order valence-electron chi connectivity index (χ2n) is 9.37. The molecule has 0 spiro atoms. The lowest BCUT2D eigenvalue weighted by atomic mass is 9.99. The molecule has 1 N–H and O–H groups in total. The van der Waals surface area contributed by atoms with Crippen LogP contribution in [0.2, 0.25) is 0 Å². The van der Waals surface area contributed by atoms with E-state index in [2.05, 4.69) is 17.1 Å². The molecule has 34 heavy (non-hydrogen) atoms. The lowest BCUT2D eigenvalue weighted by Gasteiger charge is -2.30. The summed E-state index contributed by atoms with van der Waals surface area (Å²) in [6.45, 7) is 7.34. The number of carbonyl (C=O) groups is 1. The first kappa shape index (κ1) is 24.7. The monoisotopic (exact) mass is 485 g/mol. The third-order valence-corrected chi connectivity index (χ3v) is 8.46. The highest BCUT2D eigenvalue weighted by Gasteiger charge is 2.27. The molecule has 2 fully saturated rings. The quantitative estimate of drug-likeness (QED) is 0.550. The maximum atomic E-state index is 12.6. The van der Waals surface area contributed by atoms with Gasteiger partial charge in [-0.1, -0.05) is 19.1 Å². The Morgan fingerprint density at radius 2 is 1.71 bits per heavy atom. The van der Waals surface area contributed by atoms with E-state index in [1.807, 2.05) is 24.3 Å². The molecule has 4 rings (SSSR count). The van der Waals surface area contributed by atoms with Gasteiger partial charge in [-0.3, -0.25) is 9.69 Å². The highest BCUT2D eigenvalue weighted by atomic mass is 32.2. The molecular weight excluding hydrogens is 450 g/mol. The first-order valence-corrected chi connectivity index (χ1v) is 13.7. The van der Waals surface area contributed by atoms with Gasteiger partial charge in [0.05, 0.1) is 11.4 Å². The third kappa shape index (κ3) is 6.37. The summed E-state index contributed by atoms with van der Waals surface area (Å²) < 4.78 is 32.4. The van der Waals surface area contributed by atoms with E-state index in [4.69, 9.17) is 4.74 Å². The number of carbonyl (C=O) groups excluding carboxylic acids is 1. The van der Waals surface area contributed by atoms with Crippen molar-refractivity contribution in [3.05, 3.63) is 59.7 Å². The Balaban J connectivity index is 1.20. The minimum absolute atomic E-state index is 0.131. The van der Waals surface area contributed by atoms with E-state index < -0.39 is 10.0 Å². The first-order chi connectivity index (χ1) is 16.4. The van der Waals surface area contributed by atoms with Crippen LogP contribution in [0, 0.1) is 5.92 Å². The van der Waals surface area contributed by atoms with Crippen molar-refractivity contribution in [3.8, 4) is 5.75 Å². The Bertz CT molecular complexity index is 1050. The van der Waals surface area contributed by atoms with Crippen LogP contribution >= 0.6 is 0 Å². The summed E-state index contributed by atoms with van der Waals surface area (Å²) in [5.41, 5.74) is 1.86. The number of piperidine rings is 1. The summed E-state index contributed by atoms with van der Waals surface area (Å²) in [7, 11) is -3.42. The molecule has 2 saturated heterocycles. The van der Waals surface area contributed by atoms with Gasteiger partial charge >= 0.3 is 0 Å². The number of benzene rings is 2. The largest absolute Gasteiger partial charge is 0.492 e. The van der Waals surface area contributed by atoms with Crippen LogP contribution < -0.4 is 10.1 Å². The predicted octanol–water partition coefficient (Wildman–Crippen LogP) is 3.51. The van der Waals surface area contributed by atoms with E-state index >= 15 is 0 Å². The minimum atomic E-state index is -3.42. The molecule has 1 amide bonds. The highest BCUT2D eigenvalue weighted by molar-refractivity contribution is 7.89. The molecule has 2 aliphatic rings. The summed E-state index contributed by atoms with van der Waals surface area (Å²) in [5.74, 6) is 1.20. The number of nitrogens with zero attached hydrogens (tertiary/aromatic N) is 2. The Morgan fingerprint density at radius 1 is 1.00 bits per heavy atom. The Labute approximate surface area is 203 Å². The van der Waals surface area contributed by atoms with E-state index in [1.165, 1.54) is 22.7 Å². The van der Waals surface area contributed by atoms with Crippen LogP contribution in [0.4, 0.5) is 0 Å². The number of ether oxygens (including phenoxy) is 1. The van der Waals surface area contributed by atoms with Crippen LogP contribution in [0.5, 0.6) is 5.75 Å². The maximum Gasteiger partial charge on any atom is 0.251 e. The molecule has 0 radical (unpaired) electrons. The van der Waals surface area contributed by atoms with Gasteiger partial charge in [0.25, 0.3) is 5.91 Å². The smallest absolute Gasteiger partial charge is 0.251 e. The average molecular weight is 486 g/mol. The zero-order valence-electron chi connectivity index (χ0n) is 19.9. The third-order valence-electron chi connectivity index (χ3n) is 6.55. The van der Waals surface area contributed by atoms with E-state index in [0.29, 0.717) is 37.6 Å². The molecule has 0 aliphatic carbocycles. The Hall–Kier alpha value is -2.42. The minimum Gasteiger partial charge on any atom is -0.492 e. The summed E-state index contributed by atoms with van der Waals surface area (Å²) in [6, 6.07) is 14.3. The van der Waals surface area contributed by atoms with Crippen LogP contribution in [-0.2, 0) is 16.6 Å². The Morgan fingerprint density at radius 3 is 2.38 bits per heavy atom. The van der Waals surface area contributed by atoms with Crippen molar-refractivity contribution in [2.45, 2.75) is 44.0 Å². The summed E-state index contributed by atoms with van der Waals surface area (Å²) in [5, 5.41) is 2.87. The number of hydrogen-bond acceptors (Lipinski definition) is 5. The zero-order valence-corrected chi connectivity index (χ0v) is 20.7. The standard InChI is InChI=1S/C26H35N3O4S/c1-21-5-4-15-28(19-21)20-22-6-8-23(9-7-22)26(30)27-14-18-33-24-10-12-25(13-11-24)34(31,32)29-16-2-3-17-29/h6-13,21H,2-5,14-20H2,1H3,(H,27,30). The van der Waals surface area contributed by atoms with Crippen molar-refractivity contribution >= 4 is 15.9 Å². The van der Waals surface area contributed by atoms with Crippen molar-refractivity contribution in [3.63, 3.8) is 0 Å². The number of amides is 1. The Kier molecular flexibility index (Phi) is 8.24. The zero-order chi connectivity index (χ0) is 24.0. The van der Waals surface area contributed by atoms with Crippen LogP contribution in [0.25, 0.3) is 0 Å². The molecule has 0 aromatic heterocycles. The van der Waals surface area contributed by atoms with Crippen molar-refractivity contribution in [2.75, 3.05) is 39.3 Å². The van der Waals surface area contributed by atoms with E-state index in [9.17, 15) is 13.2 Å². The summed E-state index contributed by atoms with van der Waals surface area (Å²) in [4.78, 5) is 15.2. The summed E-state index contributed by atoms with van der Waals surface area (Å²) >= 11 is 0. The molecular formula is C26H35N3O4S.